The zero-order chi connectivity index (χ0) is 15.5. The van der Waals surface area contributed by atoms with E-state index in [9.17, 15) is 4.79 Å². The van der Waals surface area contributed by atoms with Gasteiger partial charge in [-0.25, -0.2) is 0 Å². The monoisotopic (exact) mass is 354 g/mol. The minimum atomic E-state index is -0.0636. The third kappa shape index (κ3) is 3.46. The Morgan fingerprint density at radius 3 is 3.00 bits per heavy atom. The van der Waals surface area contributed by atoms with Crippen molar-refractivity contribution in [3.05, 3.63) is 50.6 Å². The van der Waals surface area contributed by atoms with E-state index in [1.54, 1.807) is 29.5 Å². The number of likely N-dealkylation sites (tertiary alicyclic amines) is 1. The summed E-state index contributed by atoms with van der Waals surface area (Å²) in [6, 6.07) is 7.71. The highest BCUT2D eigenvalue weighted by molar-refractivity contribution is 7.08. The second-order valence-corrected chi connectivity index (χ2v) is 6.90. The topological polar surface area (TPSA) is 32.3 Å². The van der Waals surface area contributed by atoms with E-state index in [0.29, 0.717) is 28.3 Å². The molecule has 2 aromatic rings. The van der Waals surface area contributed by atoms with Crippen LogP contribution in [0.4, 0.5) is 5.69 Å². The van der Waals surface area contributed by atoms with Gasteiger partial charge in [0.15, 0.2) is 0 Å². The average Bonchev–Trinajstić information content (AvgIpc) is 3.14. The molecule has 1 atom stereocenters. The third-order valence-corrected chi connectivity index (χ3v) is 5.38. The van der Waals surface area contributed by atoms with Crippen molar-refractivity contribution in [3.8, 4) is 0 Å². The van der Waals surface area contributed by atoms with Gasteiger partial charge in [-0.2, -0.15) is 11.3 Å². The van der Waals surface area contributed by atoms with Crippen LogP contribution in [0.25, 0.3) is 0 Å². The first kappa shape index (κ1) is 15.8. The fraction of sp³-hybridized carbons (Fsp3) is 0.312. The molecular formula is C16H16Cl2N2OS. The van der Waals surface area contributed by atoms with Gasteiger partial charge in [-0.3, -0.25) is 9.69 Å². The number of hydrogen-bond acceptors (Lipinski definition) is 3. The molecule has 0 radical (unpaired) electrons. The largest absolute Gasteiger partial charge is 0.324 e. The number of amides is 1. The van der Waals surface area contributed by atoms with E-state index < -0.39 is 0 Å². The standard InChI is InChI=1S/C16H16Cl2N2OS/c17-12-3-1-4-13(16(12)18)19-15(21)9-20-7-2-5-14(20)11-6-8-22-10-11/h1,3-4,6,8,10,14H,2,5,7,9H2,(H,19,21). The van der Waals surface area contributed by atoms with Crippen LogP contribution in [0.2, 0.25) is 10.0 Å². The number of anilines is 1. The maximum Gasteiger partial charge on any atom is 0.238 e. The number of nitrogens with one attached hydrogen (secondary N) is 1. The lowest BCUT2D eigenvalue weighted by atomic mass is 10.1. The van der Waals surface area contributed by atoms with Gasteiger partial charge in [-0.1, -0.05) is 29.3 Å². The predicted octanol–water partition coefficient (Wildman–Crippen LogP) is 4.83. The summed E-state index contributed by atoms with van der Waals surface area (Å²) in [5, 5.41) is 7.92. The van der Waals surface area contributed by atoms with Crippen LogP contribution in [0.5, 0.6) is 0 Å². The van der Waals surface area contributed by atoms with Crippen LogP contribution in [0.3, 0.4) is 0 Å². The van der Waals surface area contributed by atoms with Gasteiger partial charge in [0.2, 0.25) is 5.91 Å². The number of rotatable bonds is 4. The average molecular weight is 355 g/mol. The Hall–Kier alpha value is -1.07. The van der Waals surface area contributed by atoms with Crippen molar-refractivity contribution in [2.24, 2.45) is 0 Å². The third-order valence-electron chi connectivity index (χ3n) is 3.86. The van der Waals surface area contributed by atoms with Crippen molar-refractivity contribution in [2.45, 2.75) is 18.9 Å². The molecule has 116 valence electrons. The van der Waals surface area contributed by atoms with Crippen LogP contribution >= 0.6 is 34.5 Å². The van der Waals surface area contributed by atoms with E-state index in [1.165, 1.54) is 5.56 Å². The van der Waals surface area contributed by atoms with Crippen LogP contribution in [-0.4, -0.2) is 23.9 Å². The SMILES string of the molecule is O=C(CN1CCCC1c1ccsc1)Nc1cccc(Cl)c1Cl. The van der Waals surface area contributed by atoms with E-state index in [4.69, 9.17) is 23.2 Å². The molecule has 3 rings (SSSR count). The van der Waals surface area contributed by atoms with Gasteiger partial charge in [0.25, 0.3) is 0 Å². The lowest BCUT2D eigenvalue weighted by Crippen LogP contribution is -2.32. The second kappa shape index (κ2) is 7.01. The molecule has 0 saturated carbocycles. The van der Waals surface area contributed by atoms with Gasteiger partial charge in [0.05, 0.1) is 22.3 Å². The van der Waals surface area contributed by atoms with Gasteiger partial charge in [0, 0.05) is 6.04 Å². The molecule has 0 spiro atoms. The van der Waals surface area contributed by atoms with Crippen molar-refractivity contribution in [2.75, 3.05) is 18.4 Å². The predicted molar refractivity (Wildman–Crippen MR) is 93.0 cm³/mol. The first-order valence-electron chi connectivity index (χ1n) is 7.15. The summed E-state index contributed by atoms with van der Waals surface area (Å²) in [7, 11) is 0. The molecule has 1 aliphatic heterocycles. The molecule has 1 saturated heterocycles. The van der Waals surface area contributed by atoms with Crippen LogP contribution in [-0.2, 0) is 4.79 Å². The molecule has 6 heteroatoms. The Morgan fingerprint density at radius 1 is 1.36 bits per heavy atom. The van der Waals surface area contributed by atoms with Crippen molar-refractivity contribution < 1.29 is 4.79 Å². The van der Waals surface area contributed by atoms with E-state index in [2.05, 4.69) is 27.0 Å². The van der Waals surface area contributed by atoms with Gasteiger partial charge in [-0.15, -0.1) is 0 Å². The van der Waals surface area contributed by atoms with E-state index in [-0.39, 0.29) is 5.91 Å². The van der Waals surface area contributed by atoms with Crippen molar-refractivity contribution in [1.82, 2.24) is 4.90 Å². The van der Waals surface area contributed by atoms with Gasteiger partial charge < -0.3 is 5.32 Å². The number of benzene rings is 1. The lowest BCUT2D eigenvalue weighted by molar-refractivity contribution is -0.117. The highest BCUT2D eigenvalue weighted by atomic mass is 35.5. The molecule has 1 aromatic heterocycles. The molecule has 22 heavy (non-hydrogen) atoms. The Bertz CT molecular complexity index is 660. The molecule has 1 aromatic carbocycles. The minimum absolute atomic E-state index is 0.0636. The minimum Gasteiger partial charge on any atom is -0.324 e. The summed E-state index contributed by atoms with van der Waals surface area (Å²) >= 11 is 13.8. The number of carbonyl (C=O) groups is 1. The van der Waals surface area contributed by atoms with Crippen LogP contribution in [0, 0.1) is 0 Å². The van der Waals surface area contributed by atoms with Crippen LogP contribution in [0.15, 0.2) is 35.0 Å². The number of halogens is 2. The van der Waals surface area contributed by atoms with Gasteiger partial charge in [0.1, 0.15) is 0 Å². The number of hydrogen-bond donors (Lipinski definition) is 1. The summed E-state index contributed by atoms with van der Waals surface area (Å²) in [5.74, 6) is -0.0636. The maximum absolute atomic E-state index is 12.3. The number of carbonyl (C=O) groups excluding carboxylic acids is 1. The van der Waals surface area contributed by atoms with Crippen molar-refractivity contribution >= 4 is 46.1 Å². The molecule has 1 N–H and O–H groups in total. The van der Waals surface area contributed by atoms with Gasteiger partial charge in [-0.05, 0) is 53.9 Å². The Kier molecular flexibility index (Phi) is 5.03. The van der Waals surface area contributed by atoms with Crippen LogP contribution in [0.1, 0.15) is 24.4 Å². The molecule has 1 fully saturated rings. The first-order chi connectivity index (χ1) is 10.6. The normalized spacial score (nSPS) is 18.5. The zero-order valence-electron chi connectivity index (χ0n) is 11.9. The molecule has 2 heterocycles. The molecular weight excluding hydrogens is 339 g/mol. The van der Waals surface area contributed by atoms with Crippen molar-refractivity contribution in [3.63, 3.8) is 0 Å². The van der Waals surface area contributed by atoms with Gasteiger partial charge >= 0.3 is 0 Å². The molecule has 0 bridgehead atoms. The maximum atomic E-state index is 12.3. The summed E-state index contributed by atoms with van der Waals surface area (Å²) in [5.41, 5.74) is 1.86. The number of thiophene rings is 1. The first-order valence-corrected chi connectivity index (χ1v) is 8.85. The lowest BCUT2D eigenvalue weighted by Gasteiger charge is -2.23. The summed E-state index contributed by atoms with van der Waals surface area (Å²) < 4.78 is 0. The Labute approximate surface area is 143 Å². The molecule has 1 amide bonds. The zero-order valence-corrected chi connectivity index (χ0v) is 14.2. The molecule has 1 unspecified atom stereocenters. The van der Waals surface area contributed by atoms with Crippen LogP contribution < -0.4 is 5.32 Å². The quantitative estimate of drug-likeness (QED) is 0.852. The van der Waals surface area contributed by atoms with Crippen molar-refractivity contribution in [1.29, 1.82) is 0 Å². The second-order valence-electron chi connectivity index (χ2n) is 5.33. The molecule has 1 aliphatic rings. The smallest absolute Gasteiger partial charge is 0.238 e. The fourth-order valence-corrected chi connectivity index (χ4v) is 3.89. The molecule has 0 aliphatic carbocycles. The summed E-state index contributed by atoms with van der Waals surface area (Å²) in [6.45, 7) is 1.31. The van der Waals surface area contributed by atoms with E-state index >= 15 is 0 Å². The Morgan fingerprint density at radius 2 is 2.23 bits per heavy atom. The van der Waals surface area contributed by atoms with E-state index in [0.717, 1.165) is 19.4 Å². The highest BCUT2D eigenvalue weighted by Gasteiger charge is 2.27. The highest BCUT2D eigenvalue weighted by Crippen LogP contribution is 2.33. The summed E-state index contributed by atoms with van der Waals surface area (Å²) in [6.07, 6.45) is 2.22. The molecule has 3 nitrogen and oxygen atoms in total. The fourth-order valence-electron chi connectivity index (χ4n) is 2.83. The Balaban J connectivity index is 1.65. The number of nitrogens with zero attached hydrogens (tertiary/aromatic N) is 1. The summed E-state index contributed by atoms with van der Waals surface area (Å²) in [4.78, 5) is 14.5. The van der Waals surface area contributed by atoms with E-state index in [1.807, 2.05) is 0 Å².